The van der Waals surface area contributed by atoms with Crippen LogP contribution in [0.2, 0.25) is 0 Å². The molecule has 2 atom stereocenters. The number of nitrogens with two attached hydrogens (primary N) is 1. The molecule has 5 N–H and O–H groups in total. The van der Waals surface area contributed by atoms with Crippen LogP contribution in [0.3, 0.4) is 0 Å². The molecule has 5 rings (SSSR count). The van der Waals surface area contributed by atoms with Gasteiger partial charge in [-0.05, 0) is 30.5 Å². The number of amides is 1. The number of piperazine rings is 1. The van der Waals surface area contributed by atoms with Crippen molar-refractivity contribution in [1.29, 1.82) is 0 Å². The fraction of sp³-hybridized carbons (Fsp3) is 0.571. The summed E-state index contributed by atoms with van der Waals surface area (Å²) in [6, 6.07) is 5.31. The Morgan fingerprint density at radius 2 is 1.57 bits per heavy atom. The van der Waals surface area contributed by atoms with Gasteiger partial charge in [0, 0.05) is 52.2 Å². The Morgan fingerprint density at radius 1 is 0.926 bits per heavy atom. The van der Waals surface area contributed by atoms with Gasteiger partial charge in [0.1, 0.15) is 18.4 Å². The Morgan fingerprint density at radius 3 is 2.24 bits per heavy atom. The molecule has 0 radical (unpaired) electrons. The third-order valence-corrected chi connectivity index (χ3v) is 8.77. The van der Waals surface area contributed by atoms with Gasteiger partial charge in [-0.2, -0.15) is 15.0 Å². The number of phenolic OH excluding ortho intramolecular Hbond substituents is 1. The number of carbonyl (C=O) groups excluding carboxylic acids is 1. The number of phenols is 1. The highest BCUT2D eigenvalue weighted by Crippen LogP contribution is 2.23. The monoisotopic (exact) mass is 751 g/mol. The van der Waals surface area contributed by atoms with Crippen molar-refractivity contribution in [3.05, 3.63) is 41.7 Å². The maximum atomic E-state index is 13.9. The standard InChI is InChI=1S/C35H49N11O8/c1-2-16-51-20-22-54-23-21-52-17-9-37-33-38-34(40-35(39-33)45-14-18-53-19-15-45)44-12-10-43(11-13-44)32(50)30(7-8-31(48)49)46-25-29(41-42-46)28(36)24-26-3-5-27(47)6-4-26/h1,3-6,25,28,30,47H,7-24,36H2,(H,48,49)(H,37,38,39,40)/t28?,30-/m0/s1. The zero-order valence-electron chi connectivity index (χ0n) is 30.3. The van der Waals surface area contributed by atoms with Crippen LogP contribution in [-0.4, -0.2) is 156 Å². The molecule has 292 valence electrons. The van der Waals surface area contributed by atoms with Crippen LogP contribution in [0.4, 0.5) is 17.8 Å². The van der Waals surface area contributed by atoms with E-state index in [2.05, 4.69) is 31.4 Å². The lowest BCUT2D eigenvalue weighted by atomic mass is 10.0. The molecule has 0 saturated carbocycles. The first-order chi connectivity index (χ1) is 26.3. The zero-order valence-corrected chi connectivity index (χ0v) is 30.3. The molecule has 54 heavy (non-hydrogen) atoms. The molecule has 19 heteroatoms. The van der Waals surface area contributed by atoms with E-state index in [9.17, 15) is 19.8 Å². The Balaban J connectivity index is 1.18. The number of nitrogens with one attached hydrogen (secondary N) is 1. The van der Waals surface area contributed by atoms with E-state index in [-0.39, 0.29) is 31.1 Å². The second-order valence-electron chi connectivity index (χ2n) is 12.6. The highest BCUT2D eigenvalue weighted by Gasteiger charge is 2.32. The predicted octanol–water partition coefficient (Wildman–Crippen LogP) is 0.0974. The molecular formula is C35H49N11O8. The molecule has 2 aliphatic rings. The Kier molecular flexibility index (Phi) is 15.5. The van der Waals surface area contributed by atoms with E-state index in [1.54, 1.807) is 35.4 Å². The summed E-state index contributed by atoms with van der Waals surface area (Å²) >= 11 is 0. The molecular weight excluding hydrogens is 702 g/mol. The van der Waals surface area contributed by atoms with E-state index in [0.29, 0.717) is 122 Å². The van der Waals surface area contributed by atoms with Crippen LogP contribution in [0, 0.1) is 12.3 Å². The SMILES string of the molecule is C#CCOCCOCCOCCNc1nc(N2CCOCC2)nc(N2CCN(C(=O)[C@H](CCC(=O)O)n3cc(C(N)Cc4ccc(O)cc4)nn3)CC2)n1. The molecule has 0 bridgehead atoms. The van der Waals surface area contributed by atoms with Gasteiger partial charge in [0.2, 0.25) is 23.8 Å². The molecule has 2 aromatic heterocycles. The molecule has 1 aromatic carbocycles. The fourth-order valence-corrected chi connectivity index (χ4v) is 5.85. The van der Waals surface area contributed by atoms with Crippen LogP contribution in [0.5, 0.6) is 5.75 Å². The number of carbonyl (C=O) groups is 2. The lowest BCUT2D eigenvalue weighted by Gasteiger charge is -2.36. The number of terminal acetylenes is 1. The van der Waals surface area contributed by atoms with Gasteiger partial charge in [0.15, 0.2) is 0 Å². The molecule has 0 spiro atoms. The van der Waals surface area contributed by atoms with Crippen LogP contribution in [0.15, 0.2) is 30.5 Å². The van der Waals surface area contributed by atoms with Gasteiger partial charge in [-0.3, -0.25) is 9.59 Å². The largest absolute Gasteiger partial charge is 0.508 e. The summed E-state index contributed by atoms with van der Waals surface area (Å²) in [5.41, 5.74) is 7.78. The minimum absolute atomic E-state index is 0.0363. The van der Waals surface area contributed by atoms with Crippen molar-refractivity contribution in [2.45, 2.75) is 31.3 Å². The van der Waals surface area contributed by atoms with Gasteiger partial charge in [-0.25, -0.2) is 4.68 Å². The molecule has 19 nitrogen and oxygen atoms in total. The Labute approximate surface area is 313 Å². The minimum Gasteiger partial charge on any atom is -0.508 e. The van der Waals surface area contributed by atoms with E-state index in [1.165, 1.54) is 4.68 Å². The van der Waals surface area contributed by atoms with Gasteiger partial charge in [-0.15, -0.1) is 11.5 Å². The van der Waals surface area contributed by atoms with E-state index in [0.717, 1.165) is 5.56 Å². The number of aromatic nitrogens is 6. The first-order valence-corrected chi connectivity index (χ1v) is 18.0. The number of morpholine rings is 1. The molecule has 2 aliphatic heterocycles. The normalized spacial score (nSPS) is 15.8. The average molecular weight is 752 g/mol. The molecule has 4 heterocycles. The Bertz CT molecular complexity index is 1660. The van der Waals surface area contributed by atoms with Crippen molar-refractivity contribution in [2.75, 3.05) is 114 Å². The second-order valence-corrected chi connectivity index (χ2v) is 12.6. The third kappa shape index (κ3) is 12.2. The predicted molar refractivity (Wildman–Crippen MR) is 196 cm³/mol. The van der Waals surface area contributed by atoms with E-state index >= 15 is 0 Å². The van der Waals surface area contributed by atoms with Crippen molar-refractivity contribution in [3.63, 3.8) is 0 Å². The van der Waals surface area contributed by atoms with Crippen molar-refractivity contribution in [1.82, 2.24) is 34.8 Å². The van der Waals surface area contributed by atoms with Gasteiger partial charge >= 0.3 is 5.97 Å². The summed E-state index contributed by atoms with van der Waals surface area (Å²) in [6.07, 6.45) is 7.01. The van der Waals surface area contributed by atoms with Crippen LogP contribution in [0.1, 0.15) is 36.2 Å². The van der Waals surface area contributed by atoms with Crippen molar-refractivity contribution in [2.24, 2.45) is 5.73 Å². The summed E-state index contributed by atoms with van der Waals surface area (Å²) in [5.74, 6) is 2.71. The number of aliphatic carboxylic acids is 1. The first-order valence-electron chi connectivity index (χ1n) is 18.0. The summed E-state index contributed by atoms with van der Waals surface area (Å²) in [5, 5.41) is 30.7. The number of carboxylic acid groups (broad SMARTS) is 1. The number of ether oxygens (including phenoxy) is 4. The Hall–Kier alpha value is -5.13. The summed E-state index contributed by atoms with van der Waals surface area (Å²) in [4.78, 5) is 45.4. The van der Waals surface area contributed by atoms with Crippen LogP contribution in [-0.2, 0) is 35.0 Å². The quantitative estimate of drug-likeness (QED) is 0.0836. The molecule has 1 amide bonds. The number of benzene rings is 1. The lowest BCUT2D eigenvalue weighted by molar-refractivity contribution is -0.138. The number of nitrogens with zero attached hydrogens (tertiary/aromatic N) is 9. The lowest BCUT2D eigenvalue weighted by Crippen LogP contribution is -2.51. The third-order valence-electron chi connectivity index (χ3n) is 8.77. The summed E-state index contributed by atoms with van der Waals surface area (Å²) < 4.78 is 23.2. The number of carboxylic acids is 1. The summed E-state index contributed by atoms with van der Waals surface area (Å²) in [7, 11) is 0. The second kappa shape index (κ2) is 20.9. The highest BCUT2D eigenvalue weighted by molar-refractivity contribution is 5.81. The van der Waals surface area contributed by atoms with Crippen molar-refractivity contribution in [3.8, 4) is 18.1 Å². The van der Waals surface area contributed by atoms with E-state index in [4.69, 9.17) is 41.1 Å². The van der Waals surface area contributed by atoms with Crippen molar-refractivity contribution < 1.29 is 38.7 Å². The van der Waals surface area contributed by atoms with Crippen LogP contribution in [0.25, 0.3) is 0 Å². The number of hydrogen-bond acceptors (Lipinski definition) is 16. The van der Waals surface area contributed by atoms with E-state index in [1.807, 2.05) is 4.90 Å². The molecule has 1 unspecified atom stereocenters. The van der Waals surface area contributed by atoms with Crippen molar-refractivity contribution >= 4 is 29.7 Å². The van der Waals surface area contributed by atoms with Gasteiger partial charge in [-0.1, -0.05) is 23.3 Å². The fourth-order valence-electron chi connectivity index (χ4n) is 5.85. The number of rotatable bonds is 21. The van der Waals surface area contributed by atoms with Crippen LogP contribution < -0.4 is 20.9 Å². The van der Waals surface area contributed by atoms with Gasteiger partial charge < -0.3 is 54.9 Å². The smallest absolute Gasteiger partial charge is 0.303 e. The molecule has 0 aliphatic carbocycles. The first kappa shape index (κ1) is 40.1. The molecule has 3 aromatic rings. The van der Waals surface area contributed by atoms with Crippen LogP contribution >= 0.6 is 0 Å². The topological polar surface area (TPSA) is 229 Å². The zero-order chi connectivity index (χ0) is 38.1. The van der Waals surface area contributed by atoms with Gasteiger partial charge in [0.25, 0.3) is 0 Å². The number of hydrogen-bond donors (Lipinski definition) is 4. The minimum atomic E-state index is -1.02. The highest BCUT2D eigenvalue weighted by atomic mass is 16.5. The average Bonchev–Trinajstić information content (AvgIpc) is 3.68. The molecule has 2 saturated heterocycles. The maximum Gasteiger partial charge on any atom is 0.303 e. The molecule has 2 fully saturated rings. The summed E-state index contributed by atoms with van der Waals surface area (Å²) in [6.45, 7) is 6.89. The number of anilines is 3. The number of aromatic hydroxyl groups is 1. The van der Waals surface area contributed by atoms with E-state index < -0.39 is 18.1 Å². The maximum absolute atomic E-state index is 13.9. The van der Waals surface area contributed by atoms with Gasteiger partial charge in [0.05, 0.1) is 64.2 Å².